The molecule has 0 heterocycles. The van der Waals surface area contributed by atoms with Crippen molar-refractivity contribution in [1.29, 1.82) is 10.5 Å². The third kappa shape index (κ3) is 14.6. The van der Waals surface area contributed by atoms with Gasteiger partial charge in [-0.1, -0.05) is 202 Å². The van der Waals surface area contributed by atoms with Crippen LogP contribution in [0.5, 0.6) is 0 Å². The van der Waals surface area contributed by atoms with E-state index in [9.17, 15) is 10.5 Å². The van der Waals surface area contributed by atoms with Gasteiger partial charge < -0.3 is 9.80 Å². The summed E-state index contributed by atoms with van der Waals surface area (Å²) < 4.78 is 0. The predicted octanol–water partition coefficient (Wildman–Crippen LogP) is 19.3. The molecule has 0 fully saturated rings. The minimum Gasteiger partial charge on any atom is -0.372 e. The Morgan fingerprint density at radius 2 is 0.639 bits per heavy atom. The lowest BCUT2D eigenvalue weighted by Gasteiger charge is -2.25. The van der Waals surface area contributed by atoms with E-state index in [1.807, 2.05) is 24.3 Å². The molecule has 0 N–H and O–H groups in total. The van der Waals surface area contributed by atoms with Crippen LogP contribution in [-0.2, 0) is 0 Å². The van der Waals surface area contributed by atoms with Gasteiger partial charge in [0, 0.05) is 37.6 Å². The molecular weight excluding hydrogens is 873 g/mol. The molecule has 0 saturated heterocycles. The van der Waals surface area contributed by atoms with Crippen molar-refractivity contribution in [3.8, 4) is 34.4 Å². The minimum absolute atomic E-state index is 0.638. The van der Waals surface area contributed by atoms with Crippen LogP contribution in [-0.4, -0.2) is 26.2 Å². The number of nitrogens with zero attached hydrogens (tertiary/aromatic N) is 4. The molecule has 0 aliphatic carbocycles. The molecule has 0 atom stereocenters. The van der Waals surface area contributed by atoms with E-state index in [0.29, 0.717) is 11.1 Å². The van der Waals surface area contributed by atoms with Crippen LogP contribution in [0, 0.1) is 22.7 Å². The Morgan fingerprint density at radius 3 is 0.944 bits per heavy atom. The number of unbranched alkanes of at least 4 members (excludes halogenated alkanes) is 12. The van der Waals surface area contributed by atoms with Gasteiger partial charge in [0.1, 0.15) is 0 Å². The molecule has 0 radical (unpaired) electrons. The van der Waals surface area contributed by atoms with Crippen molar-refractivity contribution in [2.45, 2.75) is 130 Å². The molecule has 0 spiro atoms. The first kappa shape index (κ1) is 52.9. The average molecular weight is 951 g/mol. The zero-order valence-corrected chi connectivity index (χ0v) is 43.9. The summed E-state index contributed by atoms with van der Waals surface area (Å²) in [7, 11) is 0. The van der Waals surface area contributed by atoms with E-state index in [-0.39, 0.29) is 0 Å². The molecule has 0 amide bonds. The van der Waals surface area contributed by atoms with Crippen molar-refractivity contribution in [1.82, 2.24) is 0 Å². The van der Waals surface area contributed by atoms with Crippen LogP contribution < -0.4 is 9.80 Å². The molecular formula is C68H78N4. The lowest BCUT2D eigenvalue weighted by atomic mass is 9.84. The van der Waals surface area contributed by atoms with Crippen molar-refractivity contribution in [2.24, 2.45) is 0 Å². The first-order valence-corrected chi connectivity index (χ1v) is 27.6. The van der Waals surface area contributed by atoms with E-state index >= 15 is 0 Å². The van der Waals surface area contributed by atoms with Gasteiger partial charge in [-0.15, -0.1) is 0 Å². The fourth-order valence-corrected chi connectivity index (χ4v) is 10.2. The third-order valence-electron chi connectivity index (χ3n) is 14.3. The molecule has 0 bridgehead atoms. The number of rotatable bonds is 28. The number of hydrogen-bond donors (Lipinski definition) is 0. The van der Waals surface area contributed by atoms with Crippen molar-refractivity contribution in [3.05, 3.63) is 167 Å². The molecule has 4 heteroatoms. The largest absolute Gasteiger partial charge is 0.372 e. The molecule has 370 valence electrons. The number of anilines is 2. The fourth-order valence-electron chi connectivity index (χ4n) is 10.2. The van der Waals surface area contributed by atoms with E-state index in [0.717, 1.165) is 81.1 Å². The third-order valence-corrected chi connectivity index (χ3v) is 14.3. The van der Waals surface area contributed by atoms with Crippen molar-refractivity contribution in [3.63, 3.8) is 0 Å². The minimum atomic E-state index is 0.638. The number of nitriles is 2. The van der Waals surface area contributed by atoms with E-state index in [1.54, 1.807) is 0 Å². The first-order valence-electron chi connectivity index (χ1n) is 27.6. The normalized spacial score (nSPS) is 11.5. The van der Waals surface area contributed by atoms with Crippen LogP contribution >= 0.6 is 0 Å². The Kier molecular flexibility index (Phi) is 20.8. The summed E-state index contributed by atoms with van der Waals surface area (Å²) in [5.41, 5.74) is 12.9. The van der Waals surface area contributed by atoms with Gasteiger partial charge >= 0.3 is 0 Å². The maximum atomic E-state index is 9.79. The van der Waals surface area contributed by atoms with E-state index in [1.165, 1.54) is 125 Å². The second-order valence-electron chi connectivity index (χ2n) is 19.8. The molecule has 7 aromatic rings. The molecule has 7 aromatic carbocycles. The van der Waals surface area contributed by atoms with Crippen LogP contribution in [0.15, 0.2) is 133 Å². The van der Waals surface area contributed by atoms with Gasteiger partial charge in [-0.25, -0.2) is 0 Å². The van der Waals surface area contributed by atoms with Crippen LogP contribution in [0.2, 0.25) is 0 Å². The molecule has 7 rings (SSSR count). The monoisotopic (exact) mass is 951 g/mol. The average Bonchev–Trinajstić information content (AvgIpc) is 3.42. The quantitative estimate of drug-likeness (QED) is 0.0279. The Bertz CT molecular complexity index is 2680. The molecule has 4 nitrogen and oxygen atoms in total. The second kappa shape index (κ2) is 28.2. The summed E-state index contributed by atoms with van der Waals surface area (Å²) in [6, 6.07) is 52.6. The van der Waals surface area contributed by atoms with Crippen LogP contribution in [0.1, 0.15) is 164 Å². The predicted molar refractivity (Wildman–Crippen MR) is 313 cm³/mol. The van der Waals surface area contributed by atoms with Gasteiger partial charge in [-0.05, 0) is 152 Å². The SMILES string of the molecule is CCCCCCN(CCCCCC)c1ccc(/C=C/c2ccc3c(-c4ccc(C#N)cc4)c4cc(/C=C/c5ccc(N(CCCCCC)CCCCCC)cc5)ccc4c(-c4ccc(C#N)cc4)c3c2)cc1. The standard InChI is InChI=1S/C68H78N4/c1-5-9-13-17-45-71(46-18-14-10-6-2)61-39-29-53(30-40-61)21-23-55-33-43-63-65(49-55)67(59-35-25-57(51-69)26-36-59)64-44-34-56(50-66(64)68(63)60-37-27-58(52-70)28-38-60)24-22-54-31-41-62(42-32-54)72(47-19-15-11-7-3)48-20-16-12-8-4/h21-44,49-50H,5-20,45-48H2,1-4H3/b23-21+,24-22+. The molecule has 0 unspecified atom stereocenters. The molecule has 0 aromatic heterocycles. The summed E-state index contributed by atoms with van der Waals surface area (Å²) in [6.45, 7) is 13.6. The second-order valence-corrected chi connectivity index (χ2v) is 19.8. The number of benzene rings is 7. The Hall–Kier alpha value is -6.88. The fraction of sp³-hybridized carbons (Fsp3) is 0.353. The van der Waals surface area contributed by atoms with Gasteiger partial charge in [-0.2, -0.15) is 10.5 Å². The van der Waals surface area contributed by atoms with Crippen LogP contribution in [0.25, 0.3) is 68.1 Å². The lowest BCUT2D eigenvalue weighted by Crippen LogP contribution is -2.25. The maximum Gasteiger partial charge on any atom is 0.0991 e. The van der Waals surface area contributed by atoms with Crippen LogP contribution in [0.4, 0.5) is 11.4 Å². The lowest BCUT2D eigenvalue weighted by molar-refractivity contribution is 0.609. The zero-order valence-electron chi connectivity index (χ0n) is 43.9. The van der Waals surface area contributed by atoms with Gasteiger partial charge in [0.15, 0.2) is 0 Å². The Labute approximate surface area is 433 Å². The highest BCUT2D eigenvalue weighted by atomic mass is 15.1. The van der Waals surface area contributed by atoms with Gasteiger partial charge in [-0.3, -0.25) is 0 Å². The summed E-state index contributed by atoms with van der Waals surface area (Å²) in [5.74, 6) is 0. The van der Waals surface area contributed by atoms with Crippen LogP contribution in [0.3, 0.4) is 0 Å². The van der Waals surface area contributed by atoms with E-state index in [4.69, 9.17) is 0 Å². The number of fused-ring (bicyclic) bond motifs is 2. The highest BCUT2D eigenvalue weighted by Gasteiger charge is 2.18. The van der Waals surface area contributed by atoms with Crippen molar-refractivity contribution in [2.75, 3.05) is 36.0 Å². The molecule has 72 heavy (non-hydrogen) atoms. The zero-order chi connectivity index (χ0) is 50.3. The van der Waals surface area contributed by atoms with Gasteiger partial charge in [0.05, 0.1) is 23.3 Å². The van der Waals surface area contributed by atoms with Gasteiger partial charge in [0.25, 0.3) is 0 Å². The smallest absolute Gasteiger partial charge is 0.0991 e. The Morgan fingerprint density at radius 1 is 0.333 bits per heavy atom. The summed E-state index contributed by atoms with van der Waals surface area (Å²) in [5, 5.41) is 24.1. The Balaban J connectivity index is 1.25. The molecule has 0 aliphatic heterocycles. The highest BCUT2D eigenvalue weighted by molar-refractivity contribution is 6.22. The van der Waals surface area contributed by atoms with E-state index in [2.05, 4.69) is 183 Å². The summed E-state index contributed by atoms with van der Waals surface area (Å²) in [6.07, 6.45) is 29.3. The summed E-state index contributed by atoms with van der Waals surface area (Å²) >= 11 is 0. The van der Waals surface area contributed by atoms with Crippen molar-refractivity contribution < 1.29 is 0 Å². The first-order chi connectivity index (χ1) is 35.5. The van der Waals surface area contributed by atoms with Gasteiger partial charge in [0.2, 0.25) is 0 Å². The summed E-state index contributed by atoms with van der Waals surface area (Å²) in [4.78, 5) is 5.19. The van der Waals surface area contributed by atoms with Crippen molar-refractivity contribution >= 4 is 57.2 Å². The van der Waals surface area contributed by atoms with E-state index < -0.39 is 0 Å². The molecule has 0 aliphatic rings. The topological polar surface area (TPSA) is 54.1 Å². The maximum absolute atomic E-state index is 9.79. The molecule has 0 saturated carbocycles. The number of hydrogen-bond acceptors (Lipinski definition) is 4. The highest BCUT2D eigenvalue weighted by Crippen LogP contribution is 2.45.